The van der Waals surface area contributed by atoms with Gasteiger partial charge in [-0.2, -0.15) is 4.98 Å². The summed E-state index contributed by atoms with van der Waals surface area (Å²) in [7, 11) is 0. The van der Waals surface area contributed by atoms with Crippen LogP contribution >= 0.6 is 0 Å². The molecule has 1 aromatic rings. The van der Waals surface area contributed by atoms with Gasteiger partial charge in [0.1, 0.15) is 5.82 Å². The van der Waals surface area contributed by atoms with Crippen LogP contribution in [-0.4, -0.2) is 23.1 Å². The molecule has 4 heteroatoms. The second-order valence-corrected chi connectivity index (χ2v) is 6.89. The van der Waals surface area contributed by atoms with Gasteiger partial charge in [0.15, 0.2) is 0 Å². The molecule has 0 saturated carbocycles. The number of aryl methyl sites for hydroxylation is 1. The average Bonchev–Trinajstić information content (AvgIpc) is 3.06. The minimum Gasteiger partial charge on any atom is -0.383 e. The molecule has 0 spiro atoms. The third-order valence-corrected chi connectivity index (χ3v) is 4.90. The molecule has 0 amide bonds. The first-order valence-corrected chi connectivity index (χ1v) is 9.60. The van der Waals surface area contributed by atoms with Crippen molar-refractivity contribution >= 4 is 11.8 Å². The number of aromatic nitrogens is 2. The van der Waals surface area contributed by atoms with Gasteiger partial charge < -0.3 is 10.6 Å². The van der Waals surface area contributed by atoms with Gasteiger partial charge in [-0.15, -0.1) is 0 Å². The molecular formula is C19H34N4. The van der Waals surface area contributed by atoms with Gasteiger partial charge in [0, 0.05) is 24.3 Å². The Balaban J connectivity index is 1.74. The molecule has 0 radical (unpaired) electrons. The maximum absolute atomic E-state index is 6.21. The second-order valence-electron chi connectivity index (χ2n) is 6.89. The van der Waals surface area contributed by atoms with E-state index in [4.69, 9.17) is 10.7 Å². The SMILES string of the molecule is CCCCCCCCCCc1c(C)nc(N2CCCC2)nc1N. The highest BCUT2D eigenvalue weighted by molar-refractivity contribution is 5.48. The molecule has 0 aliphatic carbocycles. The van der Waals surface area contributed by atoms with Crippen molar-refractivity contribution in [3.05, 3.63) is 11.3 Å². The standard InChI is InChI=1S/C19H34N4/c1-3-4-5-6-7-8-9-10-13-17-16(2)21-19(22-18(17)20)23-14-11-12-15-23/h3-15H2,1-2H3,(H2,20,21,22). The monoisotopic (exact) mass is 318 g/mol. The number of nitrogens with two attached hydrogens (primary N) is 1. The minimum atomic E-state index is 0.697. The first-order chi connectivity index (χ1) is 11.2. The maximum Gasteiger partial charge on any atom is 0.227 e. The summed E-state index contributed by atoms with van der Waals surface area (Å²) in [6, 6.07) is 0. The largest absolute Gasteiger partial charge is 0.383 e. The highest BCUT2D eigenvalue weighted by atomic mass is 15.3. The van der Waals surface area contributed by atoms with Crippen molar-refractivity contribution in [3.63, 3.8) is 0 Å². The molecule has 4 nitrogen and oxygen atoms in total. The van der Waals surface area contributed by atoms with Gasteiger partial charge in [-0.1, -0.05) is 51.9 Å². The third-order valence-electron chi connectivity index (χ3n) is 4.90. The summed E-state index contributed by atoms with van der Waals surface area (Å²) >= 11 is 0. The molecule has 1 saturated heterocycles. The Morgan fingerprint density at radius 3 is 2.13 bits per heavy atom. The van der Waals surface area contributed by atoms with Gasteiger partial charge in [0.25, 0.3) is 0 Å². The Hall–Kier alpha value is -1.32. The third kappa shape index (κ3) is 5.67. The molecule has 1 aromatic heterocycles. The summed E-state index contributed by atoms with van der Waals surface area (Å²) in [4.78, 5) is 11.5. The van der Waals surface area contributed by atoms with E-state index in [9.17, 15) is 0 Å². The predicted molar refractivity (Wildman–Crippen MR) is 98.9 cm³/mol. The van der Waals surface area contributed by atoms with Gasteiger partial charge in [0.2, 0.25) is 5.95 Å². The van der Waals surface area contributed by atoms with E-state index in [0.29, 0.717) is 5.82 Å². The minimum absolute atomic E-state index is 0.697. The lowest BCUT2D eigenvalue weighted by atomic mass is 10.0. The van der Waals surface area contributed by atoms with Crippen LogP contribution in [0.25, 0.3) is 0 Å². The zero-order valence-corrected chi connectivity index (χ0v) is 15.1. The molecule has 2 N–H and O–H groups in total. The number of nitrogens with zero attached hydrogens (tertiary/aromatic N) is 3. The number of rotatable bonds is 10. The van der Waals surface area contributed by atoms with E-state index in [-0.39, 0.29) is 0 Å². The topological polar surface area (TPSA) is 55.0 Å². The highest BCUT2D eigenvalue weighted by Gasteiger charge is 2.17. The lowest BCUT2D eigenvalue weighted by Gasteiger charge is -2.18. The molecule has 0 aromatic carbocycles. The summed E-state index contributed by atoms with van der Waals surface area (Å²) in [5.41, 5.74) is 8.45. The van der Waals surface area contributed by atoms with Crippen LogP contribution in [0.15, 0.2) is 0 Å². The van der Waals surface area contributed by atoms with Crippen LogP contribution in [0.4, 0.5) is 11.8 Å². The van der Waals surface area contributed by atoms with E-state index >= 15 is 0 Å². The Labute approximate surface area is 141 Å². The number of anilines is 2. The maximum atomic E-state index is 6.21. The fraction of sp³-hybridized carbons (Fsp3) is 0.789. The second kappa shape index (κ2) is 9.74. The van der Waals surface area contributed by atoms with E-state index in [1.165, 1.54) is 69.8 Å². The van der Waals surface area contributed by atoms with Crippen molar-refractivity contribution in [3.8, 4) is 0 Å². The molecule has 0 unspecified atom stereocenters. The zero-order chi connectivity index (χ0) is 16.5. The molecule has 1 aliphatic heterocycles. The molecule has 2 rings (SSSR count). The first-order valence-electron chi connectivity index (χ1n) is 9.60. The number of nitrogen functional groups attached to an aromatic ring is 1. The van der Waals surface area contributed by atoms with E-state index in [1.807, 2.05) is 0 Å². The normalized spacial score (nSPS) is 14.6. The lowest BCUT2D eigenvalue weighted by Crippen LogP contribution is -2.22. The summed E-state index contributed by atoms with van der Waals surface area (Å²) in [5, 5.41) is 0. The van der Waals surface area contributed by atoms with Gasteiger partial charge in [-0.05, 0) is 32.6 Å². The number of unbranched alkanes of at least 4 members (excludes halogenated alkanes) is 7. The van der Waals surface area contributed by atoms with Crippen molar-refractivity contribution in [1.82, 2.24) is 9.97 Å². The number of hydrogen-bond acceptors (Lipinski definition) is 4. The van der Waals surface area contributed by atoms with Crippen molar-refractivity contribution in [2.45, 2.75) is 84.5 Å². The van der Waals surface area contributed by atoms with E-state index in [0.717, 1.165) is 31.2 Å². The van der Waals surface area contributed by atoms with Gasteiger partial charge in [0.05, 0.1) is 0 Å². The lowest BCUT2D eigenvalue weighted by molar-refractivity contribution is 0.575. The highest BCUT2D eigenvalue weighted by Crippen LogP contribution is 2.22. The molecule has 1 aliphatic rings. The smallest absolute Gasteiger partial charge is 0.227 e. The molecule has 130 valence electrons. The average molecular weight is 319 g/mol. The Morgan fingerprint density at radius 2 is 1.52 bits per heavy atom. The van der Waals surface area contributed by atoms with Gasteiger partial charge >= 0.3 is 0 Å². The van der Waals surface area contributed by atoms with E-state index in [2.05, 4.69) is 23.7 Å². The summed E-state index contributed by atoms with van der Waals surface area (Å²) in [5.74, 6) is 1.53. The summed E-state index contributed by atoms with van der Waals surface area (Å²) in [6.07, 6.45) is 14.2. The van der Waals surface area contributed by atoms with Crippen LogP contribution in [0, 0.1) is 6.92 Å². The molecule has 0 atom stereocenters. The van der Waals surface area contributed by atoms with E-state index < -0.39 is 0 Å². The molecule has 0 bridgehead atoms. The van der Waals surface area contributed by atoms with Crippen molar-refractivity contribution in [1.29, 1.82) is 0 Å². The van der Waals surface area contributed by atoms with Crippen LogP contribution in [0.2, 0.25) is 0 Å². The Bertz CT molecular complexity index is 443. The summed E-state index contributed by atoms with van der Waals surface area (Å²) in [6.45, 7) is 6.48. The van der Waals surface area contributed by atoms with Crippen LogP contribution < -0.4 is 10.6 Å². The molecule has 23 heavy (non-hydrogen) atoms. The van der Waals surface area contributed by atoms with Crippen molar-refractivity contribution in [2.24, 2.45) is 0 Å². The van der Waals surface area contributed by atoms with E-state index in [1.54, 1.807) is 0 Å². The predicted octanol–water partition coefficient (Wildman–Crippen LogP) is 4.65. The quantitative estimate of drug-likeness (QED) is 0.638. The fourth-order valence-electron chi connectivity index (χ4n) is 3.41. The Morgan fingerprint density at radius 1 is 0.913 bits per heavy atom. The Kier molecular flexibility index (Phi) is 7.63. The van der Waals surface area contributed by atoms with Crippen LogP contribution in [-0.2, 0) is 6.42 Å². The molecule has 1 fully saturated rings. The van der Waals surface area contributed by atoms with Crippen molar-refractivity contribution in [2.75, 3.05) is 23.7 Å². The summed E-state index contributed by atoms with van der Waals surface area (Å²) < 4.78 is 0. The molecule has 2 heterocycles. The molecular weight excluding hydrogens is 284 g/mol. The number of hydrogen-bond donors (Lipinski definition) is 1. The van der Waals surface area contributed by atoms with Gasteiger partial charge in [-0.25, -0.2) is 4.98 Å². The van der Waals surface area contributed by atoms with Gasteiger partial charge in [-0.3, -0.25) is 0 Å². The first kappa shape index (κ1) is 18.0. The van der Waals surface area contributed by atoms with Crippen LogP contribution in [0.3, 0.4) is 0 Å². The van der Waals surface area contributed by atoms with Crippen LogP contribution in [0.5, 0.6) is 0 Å². The zero-order valence-electron chi connectivity index (χ0n) is 15.1. The van der Waals surface area contributed by atoms with Crippen molar-refractivity contribution < 1.29 is 0 Å². The fourth-order valence-corrected chi connectivity index (χ4v) is 3.41. The van der Waals surface area contributed by atoms with Crippen LogP contribution in [0.1, 0.15) is 82.4 Å².